The normalized spacial score (nSPS) is 8.27. The molecule has 0 fully saturated rings. The zero-order chi connectivity index (χ0) is 8.95. The Morgan fingerprint density at radius 1 is 1.36 bits per heavy atom. The summed E-state index contributed by atoms with van der Waals surface area (Å²) in [6.45, 7) is 7.33. The fourth-order valence-corrected chi connectivity index (χ4v) is 0.621. The second kappa shape index (κ2) is 16.8. The lowest BCUT2D eigenvalue weighted by atomic mass is 10.3. The summed E-state index contributed by atoms with van der Waals surface area (Å²) < 4.78 is 5.17. The van der Waals surface area contributed by atoms with E-state index in [-0.39, 0.29) is 0 Å². The summed E-state index contributed by atoms with van der Waals surface area (Å²) in [5.74, 6) is 0. The minimum absolute atomic E-state index is 0.698. The van der Waals surface area contributed by atoms with E-state index in [0.29, 0.717) is 6.61 Å². The van der Waals surface area contributed by atoms with Gasteiger partial charge in [0.25, 0.3) is 0 Å². The maximum atomic E-state index is 5.17. The van der Waals surface area contributed by atoms with Gasteiger partial charge in [-0.25, -0.2) is 0 Å². The Hall–Kier alpha value is 0.400. The van der Waals surface area contributed by atoms with Crippen LogP contribution in [0.5, 0.6) is 0 Å². The summed E-state index contributed by atoms with van der Waals surface area (Å²) in [6, 6.07) is 0. The van der Waals surface area contributed by atoms with Gasteiger partial charge < -0.3 is 4.74 Å². The van der Waals surface area contributed by atoms with E-state index >= 15 is 0 Å². The van der Waals surface area contributed by atoms with E-state index in [1.54, 1.807) is 6.08 Å². The molecule has 0 saturated heterocycles. The Morgan fingerprint density at radius 3 is 2.45 bits per heavy atom. The number of hydrogen-bond donors (Lipinski definition) is 2. The average Bonchev–Trinajstić information content (AvgIpc) is 2.08. The molecule has 0 bridgehead atoms. The van der Waals surface area contributed by atoms with Gasteiger partial charge in [0.15, 0.2) is 0 Å². The quantitative estimate of drug-likeness (QED) is 0.286. The summed E-state index contributed by atoms with van der Waals surface area (Å²) in [4.78, 5) is 0. The van der Waals surface area contributed by atoms with Gasteiger partial charge in [0.05, 0.1) is 6.61 Å². The van der Waals surface area contributed by atoms with Gasteiger partial charge in [-0.3, -0.25) is 0 Å². The van der Waals surface area contributed by atoms with E-state index in [4.69, 9.17) is 4.74 Å². The highest BCUT2D eigenvalue weighted by atomic mass is 33.1. The highest BCUT2D eigenvalue weighted by Gasteiger charge is 1.83. The molecule has 0 heterocycles. The highest BCUT2D eigenvalue weighted by Crippen LogP contribution is 1.93. The molecule has 0 atom stereocenters. The van der Waals surface area contributed by atoms with Gasteiger partial charge in [0, 0.05) is 6.61 Å². The van der Waals surface area contributed by atoms with Crippen molar-refractivity contribution in [3.8, 4) is 0 Å². The molecular formula is C8H18OS2. The first-order valence-corrected chi connectivity index (χ1v) is 5.40. The third kappa shape index (κ3) is 17.9. The van der Waals surface area contributed by atoms with Gasteiger partial charge >= 0.3 is 0 Å². The fourth-order valence-electron chi connectivity index (χ4n) is 0.621. The molecule has 1 nitrogen and oxygen atoms in total. The van der Waals surface area contributed by atoms with Crippen LogP contribution < -0.4 is 0 Å². The van der Waals surface area contributed by atoms with Crippen molar-refractivity contribution in [2.45, 2.75) is 26.2 Å². The first-order chi connectivity index (χ1) is 5.41. The van der Waals surface area contributed by atoms with Gasteiger partial charge in [-0.1, -0.05) is 25.8 Å². The van der Waals surface area contributed by atoms with Crippen molar-refractivity contribution in [2.75, 3.05) is 13.2 Å². The van der Waals surface area contributed by atoms with Crippen LogP contribution in [-0.2, 0) is 4.74 Å². The molecule has 0 aliphatic rings. The number of thiol groups is 2. The van der Waals surface area contributed by atoms with Gasteiger partial charge in [0.1, 0.15) is 0 Å². The van der Waals surface area contributed by atoms with Gasteiger partial charge in [-0.2, -0.15) is 0 Å². The topological polar surface area (TPSA) is 9.23 Å². The Kier molecular flexibility index (Phi) is 21.3. The second-order valence-corrected chi connectivity index (χ2v) is 2.07. The van der Waals surface area contributed by atoms with Crippen molar-refractivity contribution >= 4 is 23.3 Å². The molecule has 0 N–H and O–H groups in total. The Balaban J connectivity index is 0. The molecule has 0 aromatic heterocycles. The summed E-state index contributed by atoms with van der Waals surface area (Å²) >= 11 is 6.44. The molecule has 68 valence electrons. The SMILES string of the molecule is C=CCOCCCCC.SS. The van der Waals surface area contributed by atoms with Crippen LogP contribution in [0.15, 0.2) is 12.7 Å². The predicted octanol–water partition coefficient (Wildman–Crippen LogP) is 3.14. The maximum absolute atomic E-state index is 5.17. The van der Waals surface area contributed by atoms with E-state index in [1.807, 2.05) is 0 Å². The standard InChI is InChI=1S/C8H16O.H2S2/c1-3-5-6-8-9-7-4-2;1-2/h4H,2-3,5-8H2,1H3;1-2H. The molecule has 0 aromatic carbocycles. The highest BCUT2D eigenvalue weighted by molar-refractivity contribution is 8.59. The van der Waals surface area contributed by atoms with Crippen molar-refractivity contribution in [3.63, 3.8) is 0 Å². The molecule has 0 spiro atoms. The van der Waals surface area contributed by atoms with Gasteiger partial charge in [-0.05, 0) is 6.42 Å². The van der Waals surface area contributed by atoms with Crippen LogP contribution in [0.25, 0.3) is 0 Å². The van der Waals surface area contributed by atoms with Crippen molar-refractivity contribution in [1.82, 2.24) is 0 Å². The lowest BCUT2D eigenvalue weighted by molar-refractivity contribution is 0.158. The van der Waals surface area contributed by atoms with Crippen LogP contribution in [0.3, 0.4) is 0 Å². The zero-order valence-electron chi connectivity index (χ0n) is 7.12. The van der Waals surface area contributed by atoms with E-state index in [9.17, 15) is 0 Å². The van der Waals surface area contributed by atoms with Crippen LogP contribution in [0.2, 0.25) is 0 Å². The third-order valence-electron chi connectivity index (χ3n) is 1.13. The Bertz CT molecular complexity index is 67.1. The Labute approximate surface area is 80.4 Å². The summed E-state index contributed by atoms with van der Waals surface area (Å²) in [6.07, 6.45) is 5.50. The van der Waals surface area contributed by atoms with Crippen LogP contribution >= 0.6 is 23.3 Å². The summed E-state index contributed by atoms with van der Waals surface area (Å²) in [5, 5.41) is 0. The smallest absolute Gasteiger partial charge is 0.0644 e. The van der Waals surface area contributed by atoms with E-state index < -0.39 is 0 Å². The lowest BCUT2D eigenvalue weighted by Crippen LogP contribution is -1.92. The van der Waals surface area contributed by atoms with Crippen LogP contribution in [-0.4, -0.2) is 13.2 Å². The molecule has 11 heavy (non-hydrogen) atoms. The minimum Gasteiger partial charge on any atom is -0.377 e. The summed E-state index contributed by atoms with van der Waals surface area (Å²) in [7, 11) is 0. The third-order valence-corrected chi connectivity index (χ3v) is 1.13. The van der Waals surface area contributed by atoms with Crippen molar-refractivity contribution in [2.24, 2.45) is 0 Å². The van der Waals surface area contributed by atoms with Crippen LogP contribution in [0, 0.1) is 0 Å². The molecule has 0 aliphatic carbocycles. The van der Waals surface area contributed by atoms with Crippen molar-refractivity contribution in [1.29, 1.82) is 0 Å². The van der Waals surface area contributed by atoms with E-state index in [2.05, 4.69) is 36.8 Å². The fraction of sp³-hybridized carbons (Fsp3) is 0.750. The van der Waals surface area contributed by atoms with Crippen molar-refractivity contribution < 1.29 is 4.74 Å². The molecule has 0 aromatic rings. The molecule has 0 amide bonds. The molecule has 3 heteroatoms. The summed E-state index contributed by atoms with van der Waals surface area (Å²) in [5.41, 5.74) is 0. The second-order valence-electron chi connectivity index (χ2n) is 2.07. The monoisotopic (exact) mass is 194 g/mol. The number of unbranched alkanes of at least 4 members (excludes halogenated alkanes) is 2. The number of ether oxygens (including phenoxy) is 1. The molecule has 0 rings (SSSR count). The maximum Gasteiger partial charge on any atom is 0.0644 e. The van der Waals surface area contributed by atoms with E-state index in [0.717, 1.165) is 6.61 Å². The first-order valence-electron chi connectivity index (χ1n) is 3.80. The predicted molar refractivity (Wildman–Crippen MR) is 58.5 cm³/mol. The lowest BCUT2D eigenvalue weighted by Gasteiger charge is -1.97. The molecule has 0 saturated carbocycles. The number of rotatable bonds is 6. The Morgan fingerprint density at radius 2 is 2.00 bits per heavy atom. The van der Waals surface area contributed by atoms with Crippen LogP contribution in [0.4, 0.5) is 0 Å². The molecule has 0 unspecified atom stereocenters. The molecule has 0 aliphatic heterocycles. The largest absolute Gasteiger partial charge is 0.377 e. The van der Waals surface area contributed by atoms with Gasteiger partial charge in [0.2, 0.25) is 0 Å². The first kappa shape index (κ1) is 14.0. The molecule has 0 radical (unpaired) electrons. The minimum atomic E-state index is 0.698. The molecular weight excluding hydrogens is 176 g/mol. The van der Waals surface area contributed by atoms with E-state index in [1.165, 1.54) is 19.3 Å². The number of hydrogen-bond acceptors (Lipinski definition) is 3. The van der Waals surface area contributed by atoms with Crippen molar-refractivity contribution in [3.05, 3.63) is 12.7 Å². The van der Waals surface area contributed by atoms with Gasteiger partial charge in [-0.15, -0.1) is 29.9 Å². The average molecular weight is 194 g/mol. The zero-order valence-corrected chi connectivity index (χ0v) is 8.91. The van der Waals surface area contributed by atoms with Crippen LogP contribution in [0.1, 0.15) is 26.2 Å².